The van der Waals surface area contributed by atoms with Crippen LogP contribution in [0.3, 0.4) is 0 Å². The van der Waals surface area contributed by atoms with Crippen molar-refractivity contribution >= 4 is 5.91 Å². The van der Waals surface area contributed by atoms with Crippen LogP contribution in [0.15, 0.2) is 54.7 Å². The van der Waals surface area contributed by atoms with Gasteiger partial charge in [-0.3, -0.25) is 4.79 Å². The molecular formula is C21H23N3O2. The molecule has 0 spiro atoms. The zero-order valence-corrected chi connectivity index (χ0v) is 15.1. The van der Waals surface area contributed by atoms with E-state index in [9.17, 15) is 4.79 Å². The van der Waals surface area contributed by atoms with Crippen LogP contribution < -0.4 is 5.32 Å². The third-order valence-electron chi connectivity index (χ3n) is 4.50. The molecule has 3 aromatic rings. The van der Waals surface area contributed by atoms with E-state index in [2.05, 4.69) is 10.4 Å². The standard InChI is InChI=1S/C21H23N3O2/c1-15-5-3-4-6-20(15)24-16(2)19(13-23-24)21(26)22-12-11-17-7-9-18(14-25)10-8-17/h3-10,13,25H,11-12,14H2,1-2H3,(H,22,26). The maximum Gasteiger partial charge on any atom is 0.254 e. The first-order valence-corrected chi connectivity index (χ1v) is 8.67. The van der Waals surface area contributed by atoms with E-state index in [-0.39, 0.29) is 12.5 Å². The van der Waals surface area contributed by atoms with Crippen LogP contribution in [0.25, 0.3) is 5.69 Å². The first-order chi connectivity index (χ1) is 12.6. The van der Waals surface area contributed by atoms with Crippen molar-refractivity contribution < 1.29 is 9.90 Å². The molecule has 0 saturated heterocycles. The van der Waals surface area contributed by atoms with E-state index >= 15 is 0 Å². The van der Waals surface area contributed by atoms with Crippen molar-refractivity contribution in [2.24, 2.45) is 0 Å². The first kappa shape index (κ1) is 17.9. The highest BCUT2D eigenvalue weighted by Gasteiger charge is 2.15. The van der Waals surface area contributed by atoms with Crippen LogP contribution in [-0.4, -0.2) is 27.3 Å². The van der Waals surface area contributed by atoms with Gasteiger partial charge in [0.15, 0.2) is 0 Å². The lowest BCUT2D eigenvalue weighted by molar-refractivity contribution is 0.0953. The number of aromatic nitrogens is 2. The molecule has 0 fully saturated rings. The fourth-order valence-corrected chi connectivity index (χ4v) is 2.90. The maximum absolute atomic E-state index is 12.5. The predicted octanol–water partition coefficient (Wildman–Crippen LogP) is 2.95. The average Bonchev–Trinajstić information content (AvgIpc) is 3.04. The Morgan fingerprint density at radius 3 is 2.46 bits per heavy atom. The Labute approximate surface area is 153 Å². The number of hydrogen-bond acceptors (Lipinski definition) is 3. The molecule has 26 heavy (non-hydrogen) atoms. The molecule has 0 radical (unpaired) electrons. The molecule has 5 heteroatoms. The van der Waals surface area contributed by atoms with Crippen LogP contribution >= 0.6 is 0 Å². The number of para-hydroxylation sites is 1. The molecule has 0 aliphatic carbocycles. The Bertz CT molecular complexity index is 898. The van der Waals surface area contributed by atoms with E-state index in [1.54, 1.807) is 10.9 Å². The van der Waals surface area contributed by atoms with Gasteiger partial charge in [0, 0.05) is 6.54 Å². The van der Waals surface area contributed by atoms with E-state index < -0.39 is 0 Å². The van der Waals surface area contributed by atoms with Crippen molar-refractivity contribution in [3.05, 3.63) is 82.7 Å². The van der Waals surface area contributed by atoms with Gasteiger partial charge >= 0.3 is 0 Å². The summed E-state index contributed by atoms with van der Waals surface area (Å²) in [7, 11) is 0. The Morgan fingerprint density at radius 2 is 1.77 bits per heavy atom. The number of aliphatic hydroxyl groups excluding tert-OH is 1. The van der Waals surface area contributed by atoms with E-state index in [0.717, 1.165) is 34.5 Å². The fraction of sp³-hybridized carbons (Fsp3) is 0.238. The topological polar surface area (TPSA) is 67.2 Å². The highest BCUT2D eigenvalue weighted by molar-refractivity contribution is 5.95. The largest absolute Gasteiger partial charge is 0.392 e. The highest BCUT2D eigenvalue weighted by atomic mass is 16.3. The van der Waals surface area contributed by atoms with Crippen molar-refractivity contribution in [1.29, 1.82) is 0 Å². The van der Waals surface area contributed by atoms with Gasteiger partial charge in [-0.2, -0.15) is 5.10 Å². The molecule has 0 aliphatic heterocycles. The second-order valence-electron chi connectivity index (χ2n) is 6.32. The number of carbonyl (C=O) groups is 1. The minimum absolute atomic E-state index is 0.0428. The number of amides is 1. The number of carbonyl (C=O) groups excluding carboxylic acids is 1. The molecule has 5 nitrogen and oxygen atoms in total. The van der Waals surface area contributed by atoms with Crippen LogP contribution in [0.5, 0.6) is 0 Å². The second-order valence-corrected chi connectivity index (χ2v) is 6.32. The van der Waals surface area contributed by atoms with Crippen LogP contribution in [0.4, 0.5) is 0 Å². The zero-order chi connectivity index (χ0) is 18.5. The molecule has 1 amide bonds. The second kappa shape index (κ2) is 7.97. The third-order valence-corrected chi connectivity index (χ3v) is 4.50. The van der Waals surface area contributed by atoms with Crippen molar-refractivity contribution in [2.75, 3.05) is 6.54 Å². The van der Waals surface area contributed by atoms with Crippen LogP contribution in [0, 0.1) is 13.8 Å². The molecule has 0 aliphatic rings. The lowest BCUT2D eigenvalue weighted by atomic mass is 10.1. The Hall–Kier alpha value is -2.92. The summed E-state index contributed by atoms with van der Waals surface area (Å²) in [5.74, 6) is -0.116. The van der Waals surface area contributed by atoms with Crippen LogP contribution in [0.2, 0.25) is 0 Å². The van der Waals surface area contributed by atoms with E-state index in [0.29, 0.717) is 12.1 Å². The minimum atomic E-state index is -0.116. The molecule has 2 N–H and O–H groups in total. The molecule has 0 saturated carbocycles. The van der Waals surface area contributed by atoms with E-state index in [4.69, 9.17) is 5.11 Å². The van der Waals surface area contributed by atoms with Crippen LogP contribution in [-0.2, 0) is 13.0 Å². The molecule has 1 aromatic heterocycles. The SMILES string of the molecule is Cc1ccccc1-n1ncc(C(=O)NCCc2ccc(CO)cc2)c1C. The lowest BCUT2D eigenvalue weighted by Gasteiger charge is -2.09. The maximum atomic E-state index is 12.5. The molecule has 0 atom stereocenters. The number of hydrogen-bond donors (Lipinski definition) is 2. The average molecular weight is 349 g/mol. The minimum Gasteiger partial charge on any atom is -0.392 e. The fourth-order valence-electron chi connectivity index (χ4n) is 2.90. The van der Waals surface area contributed by atoms with Crippen molar-refractivity contribution in [2.45, 2.75) is 26.9 Å². The lowest BCUT2D eigenvalue weighted by Crippen LogP contribution is -2.26. The molecule has 0 unspecified atom stereocenters. The summed E-state index contributed by atoms with van der Waals surface area (Å²) in [6, 6.07) is 15.7. The van der Waals surface area contributed by atoms with E-state index in [1.807, 2.05) is 62.4 Å². The summed E-state index contributed by atoms with van der Waals surface area (Å²) in [5.41, 5.74) is 5.50. The van der Waals surface area contributed by atoms with Crippen LogP contribution in [0.1, 0.15) is 32.7 Å². The van der Waals surface area contributed by atoms with Crippen molar-refractivity contribution in [3.63, 3.8) is 0 Å². The molecule has 134 valence electrons. The number of benzene rings is 2. The third kappa shape index (κ3) is 3.83. The van der Waals surface area contributed by atoms with Gasteiger partial charge in [0.1, 0.15) is 0 Å². The summed E-state index contributed by atoms with van der Waals surface area (Å²) in [4.78, 5) is 12.5. The molecule has 2 aromatic carbocycles. The molecule has 3 rings (SSSR count). The normalized spacial score (nSPS) is 10.7. The summed E-state index contributed by atoms with van der Waals surface area (Å²) >= 11 is 0. The molecule has 1 heterocycles. The van der Waals surface area contributed by atoms with Gasteiger partial charge in [0.2, 0.25) is 0 Å². The van der Waals surface area contributed by atoms with Gasteiger partial charge in [-0.15, -0.1) is 0 Å². The van der Waals surface area contributed by atoms with Gasteiger partial charge in [-0.1, -0.05) is 42.5 Å². The summed E-state index contributed by atoms with van der Waals surface area (Å²) < 4.78 is 1.80. The Morgan fingerprint density at radius 1 is 1.08 bits per heavy atom. The predicted molar refractivity (Wildman–Crippen MR) is 101 cm³/mol. The number of nitrogens with zero attached hydrogens (tertiary/aromatic N) is 2. The summed E-state index contributed by atoms with van der Waals surface area (Å²) in [5, 5.41) is 16.4. The smallest absolute Gasteiger partial charge is 0.254 e. The molecule has 0 bridgehead atoms. The van der Waals surface area contributed by atoms with Gasteiger partial charge in [-0.25, -0.2) is 4.68 Å². The van der Waals surface area contributed by atoms with Gasteiger partial charge in [-0.05, 0) is 43.0 Å². The van der Waals surface area contributed by atoms with Gasteiger partial charge in [0.25, 0.3) is 5.91 Å². The molecular weight excluding hydrogens is 326 g/mol. The summed E-state index contributed by atoms with van der Waals surface area (Å²) in [6.45, 7) is 4.52. The number of nitrogens with one attached hydrogen (secondary N) is 1. The Balaban J connectivity index is 1.64. The summed E-state index contributed by atoms with van der Waals surface area (Å²) in [6.07, 6.45) is 2.36. The first-order valence-electron chi connectivity index (χ1n) is 8.67. The van der Waals surface area contributed by atoms with Gasteiger partial charge < -0.3 is 10.4 Å². The Kier molecular flexibility index (Phi) is 5.49. The van der Waals surface area contributed by atoms with Gasteiger partial charge in [0.05, 0.1) is 29.7 Å². The number of aryl methyl sites for hydroxylation is 1. The number of rotatable bonds is 6. The van der Waals surface area contributed by atoms with E-state index in [1.165, 1.54) is 0 Å². The monoisotopic (exact) mass is 349 g/mol. The quantitative estimate of drug-likeness (QED) is 0.719. The zero-order valence-electron chi connectivity index (χ0n) is 15.1. The number of aliphatic hydroxyl groups is 1. The highest BCUT2D eigenvalue weighted by Crippen LogP contribution is 2.17. The van der Waals surface area contributed by atoms with Crippen molar-refractivity contribution in [3.8, 4) is 5.69 Å². The van der Waals surface area contributed by atoms with Crippen molar-refractivity contribution in [1.82, 2.24) is 15.1 Å².